The van der Waals surface area contributed by atoms with Crippen molar-refractivity contribution in [3.63, 3.8) is 0 Å². The number of aromatic carboxylic acids is 1. The maximum Gasteiger partial charge on any atom is 0.336 e. The molecule has 6 nitrogen and oxygen atoms in total. The average molecular weight is 459 g/mol. The minimum Gasteiger partial charge on any atom is -0.496 e. The Morgan fingerprint density at radius 1 is 1.18 bits per heavy atom. The zero-order valence-corrected chi connectivity index (χ0v) is 16.9. The van der Waals surface area contributed by atoms with Crippen LogP contribution in [0.15, 0.2) is 53.0 Å². The van der Waals surface area contributed by atoms with Crippen LogP contribution < -0.4 is 4.74 Å². The number of ether oxygens (including phenoxy) is 1. The molecule has 0 atom stereocenters. The number of nitrogens with one attached hydrogen (secondary N) is 1. The molecule has 0 fully saturated rings. The van der Waals surface area contributed by atoms with Crippen LogP contribution in [0.25, 0.3) is 33.5 Å². The Balaban J connectivity index is 1.98. The smallest absolute Gasteiger partial charge is 0.336 e. The van der Waals surface area contributed by atoms with Gasteiger partial charge in [0.1, 0.15) is 5.75 Å². The van der Waals surface area contributed by atoms with Crippen LogP contribution in [0.5, 0.6) is 5.75 Å². The van der Waals surface area contributed by atoms with Crippen molar-refractivity contribution < 1.29 is 14.6 Å². The Morgan fingerprint density at radius 3 is 2.61 bits per heavy atom. The molecular weight excluding hydrogens is 446 g/mol. The number of hydrogen-bond acceptors (Lipinski definition) is 4. The van der Waals surface area contributed by atoms with Gasteiger partial charge in [-0.2, -0.15) is 5.10 Å². The first kappa shape index (κ1) is 18.5. The molecule has 2 heterocycles. The molecule has 0 aliphatic carbocycles. The molecule has 0 aliphatic heterocycles. The average Bonchev–Trinajstić information content (AvgIpc) is 3.11. The third-order valence-electron chi connectivity index (χ3n) is 4.32. The third kappa shape index (κ3) is 3.23. The molecule has 4 aromatic rings. The van der Waals surface area contributed by atoms with Crippen LogP contribution in [0.2, 0.25) is 5.02 Å². The number of pyridine rings is 1. The summed E-state index contributed by atoms with van der Waals surface area (Å²) in [7, 11) is 1.55. The van der Waals surface area contributed by atoms with E-state index >= 15 is 0 Å². The lowest BCUT2D eigenvalue weighted by Crippen LogP contribution is -2.01. The van der Waals surface area contributed by atoms with Crippen LogP contribution in [0.1, 0.15) is 10.4 Å². The standard InChI is InChI=1S/C20H13BrClN3O3/c1-28-16-7-4-11(21)8-13(16)15-9-14(20(26)27)17-18(24-25-19(17)23-15)10-2-5-12(22)6-3-10/h2-9H,1H3,(H,26,27)(H,23,24,25). The van der Waals surface area contributed by atoms with Crippen LogP contribution in [0, 0.1) is 0 Å². The van der Waals surface area contributed by atoms with Gasteiger partial charge in [0.15, 0.2) is 5.65 Å². The largest absolute Gasteiger partial charge is 0.496 e. The van der Waals surface area contributed by atoms with Crippen molar-refractivity contribution in [1.29, 1.82) is 0 Å². The minimum atomic E-state index is -1.07. The van der Waals surface area contributed by atoms with E-state index in [1.807, 2.05) is 12.1 Å². The summed E-state index contributed by atoms with van der Waals surface area (Å²) in [6, 6.07) is 14.0. The fourth-order valence-corrected chi connectivity index (χ4v) is 3.52. The number of nitrogens with zero attached hydrogens (tertiary/aromatic N) is 2. The van der Waals surface area contributed by atoms with E-state index in [-0.39, 0.29) is 5.56 Å². The highest BCUT2D eigenvalue weighted by Gasteiger charge is 2.21. The van der Waals surface area contributed by atoms with Crippen molar-refractivity contribution in [1.82, 2.24) is 15.2 Å². The Bertz CT molecular complexity index is 1210. The molecular formula is C20H13BrClN3O3. The van der Waals surface area contributed by atoms with Gasteiger partial charge in [-0.05, 0) is 36.4 Å². The van der Waals surface area contributed by atoms with Gasteiger partial charge < -0.3 is 9.84 Å². The molecule has 0 saturated heterocycles. The minimum absolute atomic E-state index is 0.0979. The number of halogens is 2. The molecule has 0 saturated carbocycles. The predicted octanol–water partition coefficient (Wildman–Crippen LogP) is 5.41. The SMILES string of the molecule is COc1ccc(Br)cc1-c1cc(C(=O)O)c2c(-c3ccc(Cl)cc3)[nH]nc2n1. The number of carbonyl (C=O) groups is 1. The number of fused-ring (bicyclic) bond motifs is 1. The number of aromatic nitrogens is 3. The first-order valence-electron chi connectivity index (χ1n) is 8.20. The maximum atomic E-state index is 12.0. The lowest BCUT2D eigenvalue weighted by Gasteiger charge is -2.10. The third-order valence-corrected chi connectivity index (χ3v) is 5.07. The van der Waals surface area contributed by atoms with Crippen molar-refractivity contribution in [3.8, 4) is 28.3 Å². The zero-order chi connectivity index (χ0) is 19.8. The molecule has 140 valence electrons. The summed E-state index contributed by atoms with van der Waals surface area (Å²) in [4.78, 5) is 16.6. The number of methoxy groups -OCH3 is 1. The van der Waals surface area contributed by atoms with Crippen molar-refractivity contribution in [3.05, 3.63) is 63.6 Å². The monoisotopic (exact) mass is 457 g/mol. The molecule has 0 unspecified atom stereocenters. The molecule has 0 amide bonds. The zero-order valence-electron chi connectivity index (χ0n) is 14.5. The molecule has 2 N–H and O–H groups in total. The van der Waals surface area contributed by atoms with E-state index in [1.54, 1.807) is 37.4 Å². The van der Waals surface area contributed by atoms with E-state index in [0.717, 1.165) is 10.0 Å². The van der Waals surface area contributed by atoms with Crippen LogP contribution in [-0.2, 0) is 0 Å². The predicted molar refractivity (Wildman–Crippen MR) is 111 cm³/mol. The molecule has 0 spiro atoms. The van der Waals surface area contributed by atoms with Gasteiger partial charge in [0, 0.05) is 20.6 Å². The van der Waals surface area contributed by atoms with Crippen molar-refractivity contribution in [2.45, 2.75) is 0 Å². The van der Waals surface area contributed by atoms with Crippen molar-refractivity contribution in [2.75, 3.05) is 7.11 Å². The summed E-state index contributed by atoms with van der Waals surface area (Å²) in [6.07, 6.45) is 0. The van der Waals surface area contributed by atoms with Gasteiger partial charge >= 0.3 is 5.97 Å². The normalized spacial score (nSPS) is 11.0. The summed E-state index contributed by atoms with van der Waals surface area (Å²) in [5.74, 6) is -0.487. The lowest BCUT2D eigenvalue weighted by molar-refractivity contribution is 0.0699. The highest BCUT2D eigenvalue weighted by Crippen LogP contribution is 2.36. The van der Waals surface area contributed by atoms with Gasteiger partial charge in [-0.25, -0.2) is 9.78 Å². The van der Waals surface area contributed by atoms with E-state index in [9.17, 15) is 9.90 Å². The van der Waals surface area contributed by atoms with Crippen LogP contribution in [0.4, 0.5) is 0 Å². The molecule has 0 radical (unpaired) electrons. The van der Waals surface area contributed by atoms with Gasteiger partial charge in [0.25, 0.3) is 0 Å². The number of hydrogen-bond donors (Lipinski definition) is 2. The van der Waals surface area contributed by atoms with Crippen molar-refractivity contribution in [2.24, 2.45) is 0 Å². The number of H-pyrrole nitrogens is 1. The Kier molecular flexibility index (Phi) is 4.78. The van der Waals surface area contributed by atoms with Gasteiger partial charge in [-0.1, -0.05) is 39.7 Å². The molecule has 2 aromatic heterocycles. The number of carboxylic acids is 1. The van der Waals surface area contributed by atoms with E-state index < -0.39 is 5.97 Å². The van der Waals surface area contributed by atoms with Gasteiger partial charge in [-0.15, -0.1) is 0 Å². The first-order chi connectivity index (χ1) is 13.5. The quantitative estimate of drug-likeness (QED) is 0.427. The molecule has 4 rings (SSSR count). The van der Waals surface area contributed by atoms with Crippen LogP contribution in [-0.4, -0.2) is 33.4 Å². The highest BCUT2D eigenvalue weighted by atomic mass is 79.9. The summed E-state index contributed by atoms with van der Waals surface area (Å²) in [6.45, 7) is 0. The van der Waals surface area contributed by atoms with Crippen LogP contribution in [0.3, 0.4) is 0 Å². The lowest BCUT2D eigenvalue weighted by atomic mass is 10.0. The topological polar surface area (TPSA) is 88.1 Å². The molecule has 0 bridgehead atoms. The van der Waals surface area contributed by atoms with Gasteiger partial charge in [0.05, 0.1) is 29.4 Å². The van der Waals surface area contributed by atoms with E-state index in [4.69, 9.17) is 16.3 Å². The van der Waals surface area contributed by atoms with Crippen LogP contribution >= 0.6 is 27.5 Å². The second-order valence-electron chi connectivity index (χ2n) is 6.01. The number of rotatable bonds is 4. The Morgan fingerprint density at radius 2 is 1.93 bits per heavy atom. The fourth-order valence-electron chi connectivity index (χ4n) is 3.04. The van der Waals surface area contributed by atoms with E-state index in [0.29, 0.717) is 38.8 Å². The number of carboxylic acid groups (broad SMARTS) is 1. The van der Waals surface area contributed by atoms with Gasteiger partial charge in [0.2, 0.25) is 0 Å². The summed E-state index contributed by atoms with van der Waals surface area (Å²) in [5, 5.41) is 18.0. The van der Waals surface area contributed by atoms with E-state index in [1.165, 1.54) is 6.07 Å². The molecule has 28 heavy (non-hydrogen) atoms. The first-order valence-corrected chi connectivity index (χ1v) is 9.37. The van der Waals surface area contributed by atoms with E-state index in [2.05, 4.69) is 31.1 Å². The summed E-state index contributed by atoms with van der Waals surface area (Å²) in [5.41, 5.74) is 2.87. The number of benzene rings is 2. The molecule has 2 aromatic carbocycles. The Hall–Kier alpha value is -2.90. The molecule has 8 heteroatoms. The maximum absolute atomic E-state index is 12.0. The molecule has 0 aliphatic rings. The van der Waals surface area contributed by atoms with Crippen molar-refractivity contribution >= 4 is 44.5 Å². The second kappa shape index (κ2) is 7.26. The van der Waals surface area contributed by atoms with Gasteiger partial charge in [-0.3, -0.25) is 5.10 Å². The Labute approximate surface area is 173 Å². The second-order valence-corrected chi connectivity index (χ2v) is 7.36. The number of aromatic amines is 1. The summed E-state index contributed by atoms with van der Waals surface area (Å²) < 4.78 is 6.23. The summed E-state index contributed by atoms with van der Waals surface area (Å²) >= 11 is 9.38. The fraction of sp³-hybridized carbons (Fsp3) is 0.0500. The highest BCUT2D eigenvalue weighted by molar-refractivity contribution is 9.10.